The zero-order valence-electron chi connectivity index (χ0n) is 39.3. The Hall–Kier alpha value is -7.69. The lowest BCUT2D eigenvalue weighted by molar-refractivity contribution is 0.277. The molecule has 336 valence electrons. The van der Waals surface area contributed by atoms with E-state index < -0.39 is 0 Å². The van der Waals surface area contributed by atoms with Crippen LogP contribution in [-0.2, 0) is 0 Å². The van der Waals surface area contributed by atoms with E-state index in [9.17, 15) is 0 Å². The van der Waals surface area contributed by atoms with Crippen molar-refractivity contribution in [2.24, 2.45) is 22.7 Å². The van der Waals surface area contributed by atoms with Crippen LogP contribution in [-0.4, -0.2) is 10.3 Å². The number of furan rings is 2. The van der Waals surface area contributed by atoms with Gasteiger partial charge in [0, 0.05) is 61.3 Å². The maximum Gasteiger partial charge on any atom is 0.142 e. The molecule has 4 heteroatoms. The van der Waals surface area contributed by atoms with E-state index in [1.54, 1.807) is 0 Å². The molecule has 0 saturated carbocycles. The number of allylic oxidation sites excluding steroid dienone is 1. The van der Waals surface area contributed by atoms with E-state index in [0.717, 1.165) is 69.4 Å². The molecule has 0 saturated heterocycles. The largest absolute Gasteiger partial charge is 0.456 e. The summed E-state index contributed by atoms with van der Waals surface area (Å²) in [5.74, 6) is 2.27. The third kappa shape index (κ3) is 6.91. The number of fused-ring (bicyclic) bond motifs is 9. The van der Waals surface area contributed by atoms with Crippen LogP contribution in [0.2, 0.25) is 0 Å². The Morgan fingerprint density at radius 2 is 1.28 bits per heavy atom. The van der Waals surface area contributed by atoms with Crippen molar-refractivity contribution < 1.29 is 8.83 Å². The second kappa shape index (κ2) is 16.8. The zero-order chi connectivity index (χ0) is 46.2. The van der Waals surface area contributed by atoms with Crippen molar-refractivity contribution in [2.45, 2.75) is 57.9 Å². The van der Waals surface area contributed by atoms with Gasteiger partial charge in [-0.3, -0.25) is 4.99 Å². The first-order valence-electron chi connectivity index (χ1n) is 25.0. The zero-order valence-corrected chi connectivity index (χ0v) is 39.3. The lowest BCUT2D eigenvalue weighted by Crippen LogP contribution is -2.35. The van der Waals surface area contributed by atoms with Gasteiger partial charge < -0.3 is 13.4 Å². The van der Waals surface area contributed by atoms with Crippen LogP contribution in [0.15, 0.2) is 208 Å². The normalized spacial score (nSPS) is 21.4. The second-order valence-electron chi connectivity index (χ2n) is 19.7. The Kier molecular flexibility index (Phi) is 10.1. The molecule has 5 unspecified atom stereocenters. The summed E-state index contributed by atoms with van der Waals surface area (Å²) in [4.78, 5) is 6.14. The first-order chi connectivity index (χ1) is 34.0. The van der Waals surface area contributed by atoms with Crippen LogP contribution in [0.25, 0.3) is 88.7 Å². The van der Waals surface area contributed by atoms with Gasteiger partial charge in [0.15, 0.2) is 0 Å². The molecule has 6 atom stereocenters. The SMILES string of the molecule is CCC1/C(C2CC=Cc3oc4c(-c5ccc6c(c5)c5ccccc5n6-c5ccccc5)cccc4c32)=N\[C@H](c2ccc3c(c2)oc2ccc(-c4ccccc4)cc23)C(C)CC(C)C1c1ccccc1. The van der Waals surface area contributed by atoms with Gasteiger partial charge in [0.25, 0.3) is 0 Å². The fraction of sp³-hybridized carbons (Fsp3) is 0.185. The van der Waals surface area contributed by atoms with Crippen molar-refractivity contribution >= 4 is 66.5 Å². The Labute approximate surface area is 403 Å². The van der Waals surface area contributed by atoms with Gasteiger partial charge in [-0.15, -0.1) is 0 Å². The van der Waals surface area contributed by atoms with Crippen molar-refractivity contribution in [3.63, 3.8) is 0 Å². The van der Waals surface area contributed by atoms with Crippen molar-refractivity contribution in [1.29, 1.82) is 0 Å². The fourth-order valence-electron chi connectivity index (χ4n) is 12.6. The minimum absolute atomic E-state index is 0.0430. The number of aromatic nitrogens is 1. The molecule has 0 bridgehead atoms. The number of benzene rings is 8. The molecular formula is C65H54N2O2. The Morgan fingerprint density at radius 3 is 2.10 bits per heavy atom. The van der Waals surface area contributed by atoms with E-state index in [4.69, 9.17) is 13.8 Å². The predicted octanol–water partition coefficient (Wildman–Crippen LogP) is 17.9. The standard InChI is InChI=1S/C65H54N2O2/c1-4-48-61(43-20-10-6-11-21-43)40(2)36-41(3)63(46-30-33-51-55-37-44(42-18-8-5-9-19-42)32-35-58(55)68-60(51)39-46)66-64(48)52-26-17-29-59-62(52)53-27-16-25-49(65(53)69-59)45-31-34-57-54(38-45)50-24-14-15-28-56(50)67(57)47-22-12-7-13-23-47/h5-25,27-35,37-41,48,52,61,63H,4,26,36H2,1-3H3/b66-64+/t40?,41?,48?,52?,61?,63-/m0/s1. The Bertz CT molecular complexity index is 3780. The second-order valence-corrected chi connectivity index (χ2v) is 19.7. The highest BCUT2D eigenvalue weighted by atomic mass is 16.3. The summed E-state index contributed by atoms with van der Waals surface area (Å²) in [6.07, 6.45) is 7.47. The van der Waals surface area contributed by atoms with Gasteiger partial charge in [-0.1, -0.05) is 166 Å². The lowest BCUT2D eigenvalue weighted by atomic mass is 9.66. The number of hydrogen-bond acceptors (Lipinski definition) is 3. The number of para-hydroxylation sites is 3. The highest BCUT2D eigenvalue weighted by Crippen LogP contribution is 2.51. The summed E-state index contributed by atoms with van der Waals surface area (Å²) in [5.41, 5.74) is 16.1. The minimum Gasteiger partial charge on any atom is -0.456 e. The topological polar surface area (TPSA) is 43.6 Å². The van der Waals surface area contributed by atoms with E-state index in [-0.39, 0.29) is 17.9 Å². The summed E-state index contributed by atoms with van der Waals surface area (Å²) in [7, 11) is 0. The predicted molar refractivity (Wildman–Crippen MR) is 288 cm³/mol. The van der Waals surface area contributed by atoms with Gasteiger partial charge in [-0.25, -0.2) is 0 Å². The quantitative estimate of drug-likeness (QED) is 0.160. The molecule has 2 aliphatic rings. The molecule has 0 spiro atoms. The number of aliphatic imine (C=N–C) groups is 1. The molecule has 0 N–H and O–H groups in total. The van der Waals surface area contributed by atoms with Crippen molar-refractivity contribution in [2.75, 3.05) is 0 Å². The van der Waals surface area contributed by atoms with Crippen LogP contribution < -0.4 is 0 Å². The van der Waals surface area contributed by atoms with Crippen LogP contribution in [0.5, 0.6) is 0 Å². The van der Waals surface area contributed by atoms with Crippen LogP contribution in [0.3, 0.4) is 0 Å². The van der Waals surface area contributed by atoms with Crippen LogP contribution >= 0.6 is 0 Å². The van der Waals surface area contributed by atoms with Crippen LogP contribution in [0.4, 0.5) is 0 Å². The van der Waals surface area contributed by atoms with Gasteiger partial charge in [-0.05, 0) is 119 Å². The lowest BCUT2D eigenvalue weighted by Gasteiger charge is -2.41. The molecule has 3 aromatic heterocycles. The summed E-state index contributed by atoms with van der Waals surface area (Å²) in [5, 5.41) is 5.93. The summed E-state index contributed by atoms with van der Waals surface area (Å²) in [6.45, 7) is 7.29. The van der Waals surface area contributed by atoms with E-state index in [0.29, 0.717) is 17.8 Å². The molecule has 13 rings (SSSR count). The van der Waals surface area contributed by atoms with Gasteiger partial charge in [0.1, 0.15) is 22.5 Å². The molecule has 0 radical (unpaired) electrons. The summed E-state index contributed by atoms with van der Waals surface area (Å²) >= 11 is 0. The van der Waals surface area contributed by atoms with E-state index in [1.807, 2.05) is 0 Å². The van der Waals surface area contributed by atoms with Crippen LogP contribution in [0, 0.1) is 17.8 Å². The first kappa shape index (κ1) is 41.5. The molecule has 0 amide bonds. The number of rotatable bonds is 7. The van der Waals surface area contributed by atoms with Crippen molar-refractivity contribution in [3.05, 3.63) is 217 Å². The third-order valence-corrected chi connectivity index (χ3v) is 15.7. The van der Waals surface area contributed by atoms with Gasteiger partial charge >= 0.3 is 0 Å². The average Bonchev–Trinajstić information content (AvgIpc) is 4.08. The van der Waals surface area contributed by atoms with E-state index >= 15 is 0 Å². The summed E-state index contributed by atoms with van der Waals surface area (Å²) < 4.78 is 16.2. The van der Waals surface area contributed by atoms with Gasteiger partial charge in [0.05, 0.1) is 17.1 Å². The smallest absolute Gasteiger partial charge is 0.142 e. The molecule has 4 heterocycles. The van der Waals surface area contributed by atoms with Gasteiger partial charge in [-0.2, -0.15) is 0 Å². The van der Waals surface area contributed by atoms with E-state index in [2.05, 4.69) is 226 Å². The molecule has 0 fully saturated rings. The molecule has 69 heavy (non-hydrogen) atoms. The highest BCUT2D eigenvalue weighted by Gasteiger charge is 2.41. The number of nitrogens with zero attached hydrogens (tertiary/aromatic N) is 2. The summed E-state index contributed by atoms with van der Waals surface area (Å²) in [6, 6.07) is 68.4. The minimum atomic E-state index is -0.0430. The molecule has 11 aromatic rings. The molecule has 8 aromatic carbocycles. The van der Waals surface area contributed by atoms with E-state index in [1.165, 1.54) is 60.7 Å². The van der Waals surface area contributed by atoms with Crippen molar-refractivity contribution in [1.82, 2.24) is 4.57 Å². The van der Waals surface area contributed by atoms with Crippen LogP contribution in [0.1, 0.15) is 80.4 Å². The maximum atomic E-state index is 7.12. The third-order valence-electron chi connectivity index (χ3n) is 15.7. The van der Waals surface area contributed by atoms with Crippen molar-refractivity contribution in [3.8, 4) is 27.9 Å². The molecular weight excluding hydrogens is 841 g/mol. The monoisotopic (exact) mass is 894 g/mol. The molecule has 4 nitrogen and oxygen atoms in total. The fourth-order valence-corrected chi connectivity index (χ4v) is 12.6. The molecule has 1 aliphatic heterocycles. The highest BCUT2D eigenvalue weighted by molar-refractivity contribution is 6.12. The average molecular weight is 895 g/mol. The number of hydrogen-bond donors (Lipinski definition) is 0. The first-order valence-corrected chi connectivity index (χ1v) is 25.0. The Morgan fingerprint density at radius 1 is 0.551 bits per heavy atom. The maximum absolute atomic E-state index is 7.12. The van der Waals surface area contributed by atoms with Gasteiger partial charge in [0.2, 0.25) is 0 Å². The molecule has 1 aliphatic carbocycles. The Balaban J connectivity index is 0.957.